The lowest BCUT2D eigenvalue weighted by Gasteiger charge is -2.24. The molecule has 7 heteroatoms. The molecule has 1 fully saturated rings. The number of nitro groups is 1. The lowest BCUT2D eigenvalue weighted by Crippen LogP contribution is -2.37. The van der Waals surface area contributed by atoms with Gasteiger partial charge >= 0.3 is 5.69 Å². The fraction of sp³-hybridized carbons (Fsp3) is 0.500. The quantitative estimate of drug-likeness (QED) is 0.637. The molecule has 1 aromatic rings. The van der Waals surface area contributed by atoms with Crippen LogP contribution >= 0.6 is 11.6 Å². The first kappa shape index (κ1) is 12.1. The predicted molar refractivity (Wildman–Crippen MR) is 65.4 cm³/mol. The summed E-state index contributed by atoms with van der Waals surface area (Å²) in [6.07, 6.45) is 2.30. The third-order valence-electron chi connectivity index (χ3n) is 2.82. The Labute approximate surface area is 104 Å². The van der Waals surface area contributed by atoms with E-state index in [1.165, 1.54) is 12.3 Å². The maximum Gasteiger partial charge on any atom is 0.312 e. The molecule has 1 aliphatic heterocycles. The number of nitrogens with one attached hydrogen (secondary N) is 2. The molecule has 0 radical (unpaired) electrons. The summed E-state index contributed by atoms with van der Waals surface area (Å²) in [6.45, 7) is 3.66. The zero-order chi connectivity index (χ0) is 12.5. The van der Waals surface area contributed by atoms with Gasteiger partial charge in [0.25, 0.3) is 0 Å². The van der Waals surface area contributed by atoms with Gasteiger partial charge in [0.05, 0.1) is 9.95 Å². The molecular formula is C10H13ClN4O2. The molecule has 6 nitrogen and oxygen atoms in total. The third-order valence-corrected chi connectivity index (χ3v) is 3.03. The van der Waals surface area contributed by atoms with E-state index < -0.39 is 4.92 Å². The van der Waals surface area contributed by atoms with E-state index in [0.29, 0.717) is 0 Å². The van der Waals surface area contributed by atoms with Crippen LogP contribution in [0.2, 0.25) is 5.02 Å². The monoisotopic (exact) mass is 256 g/mol. The molecule has 1 aliphatic rings. The lowest BCUT2D eigenvalue weighted by molar-refractivity contribution is -0.384. The first-order valence-electron chi connectivity index (χ1n) is 5.29. The number of rotatable bonds is 3. The molecule has 2 N–H and O–H groups in total. The molecule has 0 spiro atoms. The minimum Gasteiger partial charge on any atom is -0.358 e. The fourth-order valence-electron chi connectivity index (χ4n) is 1.87. The number of hydrogen-bond acceptors (Lipinski definition) is 5. The maximum absolute atomic E-state index is 10.9. The van der Waals surface area contributed by atoms with Crippen LogP contribution in [-0.4, -0.2) is 28.5 Å². The van der Waals surface area contributed by atoms with Crippen LogP contribution in [0.1, 0.15) is 13.3 Å². The van der Waals surface area contributed by atoms with Crippen molar-refractivity contribution in [3.8, 4) is 0 Å². The number of pyridine rings is 1. The van der Waals surface area contributed by atoms with Crippen LogP contribution < -0.4 is 10.6 Å². The minimum atomic E-state index is -0.479. The smallest absolute Gasteiger partial charge is 0.312 e. The summed E-state index contributed by atoms with van der Waals surface area (Å²) in [6, 6.07) is 1.31. The van der Waals surface area contributed by atoms with Crippen molar-refractivity contribution in [2.75, 3.05) is 18.4 Å². The van der Waals surface area contributed by atoms with Crippen LogP contribution in [0.3, 0.4) is 0 Å². The average molecular weight is 257 g/mol. The molecule has 92 valence electrons. The van der Waals surface area contributed by atoms with Crippen LogP contribution in [0.4, 0.5) is 11.5 Å². The van der Waals surface area contributed by atoms with Gasteiger partial charge in [0.15, 0.2) is 0 Å². The number of hydrogen-bond donors (Lipinski definition) is 2. The van der Waals surface area contributed by atoms with E-state index in [1.807, 2.05) is 6.92 Å². The fourth-order valence-corrected chi connectivity index (χ4v) is 2.03. The zero-order valence-corrected chi connectivity index (χ0v) is 10.1. The Morgan fingerprint density at radius 3 is 3.06 bits per heavy atom. The van der Waals surface area contributed by atoms with E-state index in [0.717, 1.165) is 19.5 Å². The molecule has 1 saturated heterocycles. The standard InChI is InChI=1S/C10H13ClN4O2/c1-10(2-3-12-6-10)14-9-8(15(16)17)4-7(11)5-13-9/h4-5,12H,2-3,6H2,1H3,(H,13,14). The lowest BCUT2D eigenvalue weighted by atomic mass is 10.0. The van der Waals surface area contributed by atoms with Gasteiger partial charge in [-0.2, -0.15) is 0 Å². The molecule has 2 heterocycles. The van der Waals surface area contributed by atoms with Crippen LogP contribution in [0.15, 0.2) is 12.3 Å². The van der Waals surface area contributed by atoms with Gasteiger partial charge in [-0.25, -0.2) is 4.98 Å². The number of nitrogens with zero attached hydrogens (tertiary/aromatic N) is 2. The van der Waals surface area contributed by atoms with Gasteiger partial charge in [-0.1, -0.05) is 11.6 Å². The number of halogens is 1. The highest BCUT2D eigenvalue weighted by atomic mass is 35.5. The molecule has 0 amide bonds. The highest BCUT2D eigenvalue weighted by Crippen LogP contribution is 2.29. The van der Waals surface area contributed by atoms with E-state index in [2.05, 4.69) is 15.6 Å². The van der Waals surface area contributed by atoms with Crippen LogP contribution in [-0.2, 0) is 0 Å². The van der Waals surface area contributed by atoms with Crippen molar-refractivity contribution in [2.24, 2.45) is 0 Å². The summed E-state index contributed by atoms with van der Waals surface area (Å²) in [4.78, 5) is 14.4. The Morgan fingerprint density at radius 2 is 2.47 bits per heavy atom. The second kappa shape index (κ2) is 4.46. The topological polar surface area (TPSA) is 80.1 Å². The average Bonchev–Trinajstić information content (AvgIpc) is 2.67. The van der Waals surface area contributed by atoms with Gasteiger partial charge in [0, 0.05) is 24.3 Å². The predicted octanol–water partition coefficient (Wildman–Crippen LogP) is 1.81. The van der Waals surface area contributed by atoms with Crippen molar-refractivity contribution in [1.82, 2.24) is 10.3 Å². The van der Waals surface area contributed by atoms with Crippen molar-refractivity contribution >= 4 is 23.1 Å². The van der Waals surface area contributed by atoms with Crippen LogP contribution in [0.5, 0.6) is 0 Å². The van der Waals surface area contributed by atoms with Gasteiger partial charge in [-0.15, -0.1) is 0 Å². The van der Waals surface area contributed by atoms with Crippen molar-refractivity contribution in [1.29, 1.82) is 0 Å². The van der Waals surface area contributed by atoms with Gasteiger partial charge in [0.2, 0.25) is 5.82 Å². The molecule has 1 unspecified atom stereocenters. The SMILES string of the molecule is CC1(Nc2ncc(Cl)cc2[N+](=O)[O-])CCNC1. The number of aromatic nitrogens is 1. The van der Waals surface area contributed by atoms with E-state index in [4.69, 9.17) is 11.6 Å². The largest absolute Gasteiger partial charge is 0.358 e. The Bertz CT molecular complexity index is 446. The second-order valence-corrected chi connectivity index (χ2v) is 4.83. The van der Waals surface area contributed by atoms with Gasteiger partial charge < -0.3 is 10.6 Å². The van der Waals surface area contributed by atoms with Gasteiger partial charge in [0.1, 0.15) is 0 Å². The third kappa shape index (κ3) is 2.65. The molecule has 1 aromatic heterocycles. The first-order chi connectivity index (χ1) is 8.00. The Kier molecular flexibility index (Phi) is 3.17. The van der Waals surface area contributed by atoms with Crippen molar-refractivity contribution in [2.45, 2.75) is 18.9 Å². The maximum atomic E-state index is 10.9. The summed E-state index contributed by atoms with van der Waals surface area (Å²) < 4.78 is 0. The molecule has 1 atom stereocenters. The highest BCUT2D eigenvalue weighted by molar-refractivity contribution is 6.30. The normalized spacial score (nSPS) is 23.6. The Morgan fingerprint density at radius 1 is 1.71 bits per heavy atom. The van der Waals surface area contributed by atoms with Crippen molar-refractivity contribution < 1.29 is 4.92 Å². The zero-order valence-electron chi connectivity index (χ0n) is 9.36. The van der Waals surface area contributed by atoms with Crippen LogP contribution in [0.25, 0.3) is 0 Å². The summed E-state index contributed by atoms with van der Waals surface area (Å²) in [5.41, 5.74) is -0.295. The highest BCUT2D eigenvalue weighted by Gasteiger charge is 2.31. The van der Waals surface area contributed by atoms with Crippen molar-refractivity contribution in [3.63, 3.8) is 0 Å². The summed E-state index contributed by atoms with van der Waals surface area (Å²) in [7, 11) is 0. The molecule has 0 aliphatic carbocycles. The van der Waals surface area contributed by atoms with Gasteiger partial charge in [-0.05, 0) is 19.9 Å². The van der Waals surface area contributed by atoms with Gasteiger partial charge in [-0.3, -0.25) is 10.1 Å². The summed E-state index contributed by atoms with van der Waals surface area (Å²) in [5.74, 6) is 0.269. The molecule has 0 aromatic carbocycles. The van der Waals surface area contributed by atoms with E-state index in [-0.39, 0.29) is 22.1 Å². The van der Waals surface area contributed by atoms with E-state index in [1.54, 1.807) is 0 Å². The second-order valence-electron chi connectivity index (χ2n) is 4.39. The molecule has 2 rings (SSSR count). The summed E-state index contributed by atoms with van der Waals surface area (Å²) >= 11 is 5.71. The molecule has 0 saturated carbocycles. The first-order valence-corrected chi connectivity index (χ1v) is 5.67. The molecule has 0 bridgehead atoms. The molecular weight excluding hydrogens is 244 g/mol. The summed E-state index contributed by atoms with van der Waals surface area (Å²) in [5, 5.41) is 17.5. The Hall–Kier alpha value is -1.40. The minimum absolute atomic E-state index is 0.0920. The Balaban J connectivity index is 2.28. The number of anilines is 1. The van der Waals surface area contributed by atoms with E-state index >= 15 is 0 Å². The van der Waals surface area contributed by atoms with Crippen LogP contribution in [0, 0.1) is 10.1 Å². The van der Waals surface area contributed by atoms with E-state index in [9.17, 15) is 10.1 Å². The molecule has 17 heavy (non-hydrogen) atoms. The van der Waals surface area contributed by atoms with Crippen molar-refractivity contribution in [3.05, 3.63) is 27.4 Å².